The monoisotopic (exact) mass is 382 g/mol. The Morgan fingerprint density at radius 3 is 0.682 bits per heavy atom. The molecule has 0 aliphatic heterocycles. The average Bonchev–Trinajstić information content (AvgIpc) is 2.13. The van der Waals surface area contributed by atoms with E-state index in [2.05, 4.69) is 0 Å². The van der Waals surface area contributed by atoms with Crippen molar-refractivity contribution in [1.82, 2.24) is 0 Å². The average molecular weight is 383 g/mol. The van der Waals surface area contributed by atoms with Crippen LogP contribution in [-0.2, 0) is 19.2 Å². The van der Waals surface area contributed by atoms with Crippen LogP contribution in [0.3, 0.4) is 0 Å². The Morgan fingerprint density at radius 2 is 0.682 bits per heavy atom. The molecule has 0 amide bonds. The zero-order valence-corrected chi connectivity index (χ0v) is 12.0. The van der Waals surface area contributed by atoms with Crippen molar-refractivity contribution in [2.24, 2.45) is 11.5 Å². The van der Waals surface area contributed by atoms with Crippen LogP contribution in [0.5, 0.6) is 0 Å². The molecule has 8 N–H and O–H groups in total. The van der Waals surface area contributed by atoms with Crippen molar-refractivity contribution in [3.05, 3.63) is 0 Å². The number of hydrogen-bond acceptors (Lipinski definition) is 6. The van der Waals surface area contributed by atoms with Crippen molar-refractivity contribution in [3.8, 4) is 0 Å². The third-order valence-corrected chi connectivity index (χ3v) is 0.167. The summed E-state index contributed by atoms with van der Waals surface area (Å²) in [4.78, 5) is 36.0. The predicted molar refractivity (Wildman–Crippen MR) is 87.0 cm³/mol. The van der Waals surface area contributed by atoms with Gasteiger partial charge in [-0.3, -0.25) is 19.2 Å². The van der Waals surface area contributed by atoms with Gasteiger partial charge in [-0.1, -0.05) is 0 Å². The summed E-state index contributed by atoms with van der Waals surface area (Å²) in [7, 11) is 0. The summed E-state index contributed by atoms with van der Waals surface area (Å²) < 4.78 is 0. The van der Waals surface area contributed by atoms with Gasteiger partial charge < -0.3 is 31.9 Å². The summed E-state index contributed by atoms with van der Waals surface area (Å²) >= 11 is 0. The van der Waals surface area contributed by atoms with Crippen LogP contribution in [0.4, 0.5) is 0 Å². The molecular formula is C10H27CaKN2O8. The minimum atomic E-state index is -0.833. The van der Waals surface area contributed by atoms with Crippen LogP contribution in [0.2, 0.25) is 0 Å². The fraction of sp³-hybridized carbons (Fsp3) is 0.600. The summed E-state index contributed by atoms with van der Waals surface area (Å²) in [5.41, 5.74) is 9.81. The van der Waals surface area contributed by atoms with Crippen LogP contribution < -0.4 is 11.5 Å². The van der Waals surface area contributed by atoms with Crippen LogP contribution in [0.25, 0.3) is 0 Å². The van der Waals surface area contributed by atoms with E-state index in [0.717, 1.165) is 27.7 Å². The maximum atomic E-state index is 9.00. The molecule has 128 valence electrons. The maximum absolute atomic E-state index is 9.00. The molecule has 0 aliphatic carbocycles. The first-order chi connectivity index (χ1) is 8.84. The molecule has 0 atom stereocenters. The van der Waals surface area contributed by atoms with Crippen molar-refractivity contribution in [3.63, 3.8) is 0 Å². The molecule has 0 radical (unpaired) electrons. The standard InChI is InChI=1S/C2H8N2.4C2H4O2.Ca.K.3H/c3-1-2-4;4*1-2(3)4;;;;;/h1-4H2;4*1H3,(H,3,4);;;;;. The molecule has 0 aromatic heterocycles. The van der Waals surface area contributed by atoms with Gasteiger partial charge in [-0.15, -0.1) is 0 Å². The molecule has 0 rings (SSSR count). The number of rotatable bonds is 1. The molecular weight excluding hydrogens is 355 g/mol. The zero-order chi connectivity index (χ0) is 17.7. The summed E-state index contributed by atoms with van der Waals surface area (Å²) in [6, 6.07) is 0. The van der Waals surface area contributed by atoms with E-state index in [1.807, 2.05) is 0 Å². The molecule has 12 heteroatoms. The number of aliphatic carboxylic acids is 4. The molecule has 0 spiro atoms. The Morgan fingerprint density at radius 1 is 0.636 bits per heavy atom. The quantitative estimate of drug-likeness (QED) is 0.268. The van der Waals surface area contributed by atoms with Crippen molar-refractivity contribution in [2.75, 3.05) is 13.1 Å². The minimum absolute atomic E-state index is 0. The van der Waals surface area contributed by atoms with Crippen molar-refractivity contribution >= 4 is 113 Å². The first kappa shape index (κ1) is 43.4. The van der Waals surface area contributed by atoms with E-state index in [0.29, 0.717) is 13.1 Å². The molecule has 0 bridgehead atoms. The van der Waals surface area contributed by atoms with Gasteiger partial charge in [0, 0.05) is 40.8 Å². The van der Waals surface area contributed by atoms with Crippen molar-refractivity contribution in [1.29, 1.82) is 0 Å². The fourth-order valence-corrected chi connectivity index (χ4v) is 0. The zero-order valence-electron chi connectivity index (χ0n) is 12.0. The van der Waals surface area contributed by atoms with Gasteiger partial charge in [-0.05, 0) is 0 Å². The number of carboxylic acid groups (broad SMARTS) is 4. The van der Waals surface area contributed by atoms with Crippen LogP contribution in [0, 0.1) is 0 Å². The Balaban J connectivity index is -0.0000000250. The third kappa shape index (κ3) is 2790. The van der Waals surface area contributed by atoms with E-state index in [-0.39, 0.29) is 89.1 Å². The van der Waals surface area contributed by atoms with Gasteiger partial charge in [0.15, 0.2) is 0 Å². The third-order valence-electron chi connectivity index (χ3n) is 0.167. The molecule has 0 heterocycles. The molecule has 0 unspecified atom stereocenters. The Labute approximate surface area is 202 Å². The molecule has 0 aromatic carbocycles. The van der Waals surface area contributed by atoms with Crippen LogP contribution >= 0.6 is 0 Å². The number of nitrogens with two attached hydrogens (primary N) is 2. The molecule has 0 saturated carbocycles. The molecule has 0 saturated heterocycles. The second kappa shape index (κ2) is 43.0. The van der Waals surface area contributed by atoms with Gasteiger partial charge in [0.1, 0.15) is 0 Å². The normalized spacial score (nSPS) is 5.91. The first-order valence-electron chi connectivity index (χ1n) is 5.03. The fourth-order valence-electron chi connectivity index (χ4n) is 0. The summed E-state index contributed by atoms with van der Waals surface area (Å²) in [6.45, 7) is 5.53. The predicted octanol–water partition coefficient (Wildman–Crippen LogP) is -2.30. The Bertz CT molecular complexity index is 201. The van der Waals surface area contributed by atoms with Gasteiger partial charge >= 0.3 is 89.1 Å². The van der Waals surface area contributed by atoms with Crippen LogP contribution in [0.1, 0.15) is 27.7 Å². The molecule has 22 heavy (non-hydrogen) atoms. The molecule has 0 fully saturated rings. The Kier molecular flexibility index (Phi) is 84.8. The van der Waals surface area contributed by atoms with Crippen molar-refractivity contribution in [2.45, 2.75) is 27.7 Å². The summed E-state index contributed by atoms with van der Waals surface area (Å²) in [5.74, 6) is -3.33. The van der Waals surface area contributed by atoms with E-state index < -0.39 is 23.9 Å². The second-order valence-electron chi connectivity index (χ2n) is 2.65. The molecule has 10 nitrogen and oxygen atoms in total. The second-order valence-corrected chi connectivity index (χ2v) is 2.65. The first-order valence-corrected chi connectivity index (χ1v) is 5.03. The molecule has 0 aliphatic rings. The van der Waals surface area contributed by atoms with E-state index in [1.54, 1.807) is 0 Å². The Hall–Kier alpha value is 0.696. The van der Waals surface area contributed by atoms with Crippen molar-refractivity contribution < 1.29 is 39.6 Å². The topological polar surface area (TPSA) is 201 Å². The van der Waals surface area contributed by atoms with Crippen LogP contribution in [-0.4, -0.2) is 147 Å². The van der Waals surface area contributed by atoms with Gasteiger partial charge in [-0.25, -0.2) is 0 Å². The van der Waals surface area contributed by atoms with E-state index in [9.17, 15) is 0 Å². The summed E-state index contributed by atoms with van der Waals surface area (Å²) in [5, 5.41) is 29.7. The van der Waals surface area contributed by atoms with E-state index in [1.165, 1.54) is 0 Å². The van der Waals surface area contributed by atoms with E-state index in [4.69, 9.17) is 51.1 Å². The number of carboxylic acids is 4. The van der Waals surface area contributed by atoms with Gasteiger partial charge in [0.05, 0.1) is 0 Å². The molecule has 0 aromatic rings. The number of carbonyl (C=O) groups is 4. The van der Waals surface area contributed by atoms with Gasteiger partial charge in [-0.2, -0.15) is 0 Å². The van der Waals surface area contributed by atoms with Gasteiger partial charge in [0.2, 0.25) is 0 Å². The number of hydrogen-bond donors (Lipinski definition) is 6. The SMILES string of the molecule is CC(=O)O.CC(=O)O.CC(=O)O.CC(=O)O.NCCN.[CaH2].[KH]. The van der Waals surface area contributed by atoms with Crippen LogP contribution in [0.15, 0.2) is 0 Å². The van der Waals surface area contributed by atoms with E-state index >= 15 is 0 Å². The van der Waals surface area contributed by atoms with Gasteiger partial charge in [0.25, 0.3) is 23.9 Å². The summed E-state index contributed by atoms with van der Waals surface area (Å²) in [6.07, 6.45) is 0.